The highest BCUT2D eigenvalue weighted by Crippen LogP contribution is 2.22. The minimum absolute atomic E-state index is 0.0322. The normalized spacial score (nSPS) is 10.8. The fraction of sp³-hybridized carbons (Fsp3) is 0.500. The van der Waals surface area contributed by atoms with Gasteiger partial charge in [-0.2, -0.15) is 0 Å². The summed E-state index contributed by atoms with van der Waals surface area (Å²) in [5.41, 5.74) is 0.0832. The Labute approximate surface area is 129 Å². The molecule has 3 nitrogen and oxygen atoms in total. The first-order chi connectivity index (χ1) is 9.90. The Morgan fingerprint density at radius 2 is 1.90 bits per heavy atom. The molecule has 0 saturated carbocycles. The average molecular weight is 311 g/mol. The van der Waals surface area contributed by atoms with E-state index in [1.165, 1.54) is 30.8 Å². The van der Waals surface area contributed by atoms with Crippen LogP contribution in [0.2, 0.25) is 0 Å². The van der Waals surface area contributed by atoms with E-state index in [1.807, 2.05) is 0 Å². The third-order valence-electron chi connectivity index (χ3n) is 3.57. The molecule has 0 heterocycles. The minimum Gasteiger partial charge on any atom is -0.342 e. The monoisotopic (exact) mass is 311 g/mol. The Balaban J connectivity index is 2.65. The molecule has 1 aromatic carbocycles. The number of carbonyl (C=O) groups excluding carboxylic acids is 2. The molecule has 0 unspecified atom stereocenters. The van der Waals surface area contributed by atoms with Gasteiger partial charge in [0, 0.05) is 18.0 Å². The summed E-state index contributed by atoms with van der Waals surface area (Å²) in [4.78, 5) is 25.7. The van der Waals surface area contributed by atoms with Gasteiger partial charge >= 0.3 is 0 Å². The lowest BCUT2D eigenvalue weighted by atomic mass is 10.1. The molecule has 1 aromatic rings. The van der Waals surface area contributed by atoms with Crippen molar-refractivity contribution < 1.29 is 14.0 Å². The van der Waals surface area contributed by atoms with Crippen molar-refractivity contribution in [1.29, 1.82) is 0 Å². The van der Waals surface area contributed by atoms with Crippen LogP contribution in [0.15, 0.2) is 23.1 Å². The second-order valence-electron chi connectivity index (χ2n) is 4.96. The number of ketones is 1. The van der Waals surface area contributed by atoms with E-state index in [1.54, 1.807) is 18.0 Å². The van der Waals surface area contributed by atoms with E-state index in [0.717, 1.165) is 12.8 Å². The maximum Gasteiger partial charge on any atom is 0.232 e. The molecule has 0 aliphatic carbocycles. The number of amides is 1. The Bertz CT molecular complexity index is 515. The van der Waals surface area contributed by atoms with Crippen LogP contribution >= 0.6 is 11.8 Å². The van der Waals surface area contributed by atoms with E-state index in [-0.39, 0.29) is 29.0 Å². The highest BCUT2D eigenvalue weighted by molar-refractivity contribution is 8.00. The maximum absolute atomic E-state index is 13.7. The molecule has 1 rings (SSSR count). The number of nitrogens with zero attached hydrogens (tertiary/aromatic N) is 1. The summed E-state index contributed by atoms with van der Waals surface area (Å²) in [6.07, 6.45) is 1.84. The molecular weight excluding hydrogens is 289 g/mol. The highest BCUT2D eigenvalue weighted by atomic mass is 32.2. The lowest BCUT2D eigenvalue weighted by molar-refractivity contribution is -0.129. The maximum atomic E-state index is 13.7. The lowest BCUT2D eigenvalue weighted by Gasteiger charge is -2.26. The van der Waals surface area contributed by atoms with Gasteiger partial charge in [-0.05, 0) is 38.0 Å². The molecule has 21 heavy (non-hydrogen) atoms. The quantitative estimate of drug-likeness (QED) is 0.568. The van der Waals surface area contributed by atoms with Crippen molar-refractivity contribution in [3.8, 4) is 0 Å². The molecule has 0 aromatic heterocycles. The molecular formula is C16H22FNO2S. The van der Waals surface area contributed by atoms with Crippen LogP contribution in [0.4, 0.5) is 4.39 Å². The van der Waals surface area contributed by atoms with Crippen LogP contribution in [-0.4, -0.2) is 35.4 Å². The number of hydrogen-bond donors (Lipinski definition) is 0. The van der Waals surface area contributed by atoms with Gasteiger partial charge in [-0.1, -0.05) is 13.8 Å². The van der Waals surface area contributed by atoms with Crippen molar-refractivity contribution in [3.05, 3.63) is 29.6 Å². The van der Waals surface area contributed by atoms with Gasteiger partial charge in [0.25, 0.3) is 0 Å². The van der Waals surface area contributed by atoms with Crippen molar-refractivity contribution in [1.82, 2.24) is 4.90 Å². The Kier molecular flexibility index (Phi) is 6.89. The third-order valence-corrected chi connectivity index (χ3v) is 4.54. The zero-order chi connectivity index (χ0) is 16.0. The van der Waals surface area contributed by atoms with Crippen molar-refractivity contribution >= 4 is 23.5 Å². The van der Waals surface area contributed by atoms with Crippen molar-refractivity contribution in [2.75, 3.05) is 12.8 Å². The largest absolute Gasteiger partial charge is 0.342 e. The molecule has 0 radical (unpaired) electrons. The summed E-state index contributed by atoms with van der Waals surface area (Å²) >= 11 is 1.29. The average Bonchev–Trinajstić information content (AvgIpc) is 2.45. The van der Waals surface area contributed by atoms with Crippen LogP contribution in [0, 0.1) is 5.82 Å². The molecule has 0 bridgehead atoms. The van der Waals surface area contributed by atoms with Crippen LogP contribution < -0.4 is 0 Å². The van der Waals surface area contributed by atoms with Gasteiger partial charge < -0.3 is 4.90 Å². The van der Waals surface area contributed by atoms with E-state index in [9.17, 15) is 14.0 Å². The lowest BCUT2D eigenvalue weighted by Crippen LogP contribution is -2.37. The molecule has 5 heteroatoms. The summed E-state index contributed by atoms with van der Waals surface area (Å²) in [5.74, 6) is -0.530. The number of thioether (sulfide) groups is 1. The van der Waals surface area contributed by atoms with E-state index >= 15 is 0 Å². The molecule has 0 aliphatic heterocycles. The molecule has 0 aliphatic rings. The molecule has 0 spiro atoms. The van der Waals surface area contributed by atoms with Gasteiger partial charge in [0.05, 0.1) is 11.3 Å². The van der Waals surface area contributed by atoms with Crippen LogP contribution in [-0.2, 0) is 4.79 Å². The van der Waals surface area contributed by atoms with E-state index in [4.69, 9.17) is 0 Å². The van der Waals surface area contributed by atoms with Gasteiger partial charge in [-0.3, -0.25) is 9.59 Å². The standard InChI is InChI=1S/C16H22FNO2S/c1-5-12(6-2)18(4)16(20)10-21-13-7-8-14(11(3)19)15(17)9-13/h7-9,12H,5-6,10H2,1-4H3. The molecule has 0 fully saturated rings. The minimum atomic E-state index is -0.534. The summed E-state index contributed by atoms with van der Waals surface area (Å²) in [6, 6.07) is 4.70. The van der Waals surface area contributed by atoms with E-state index in [2.05, 4.69) is 13.8 Å². The summed E-state index contributed by atoms with van der Waals surface area (Å²) < 4.78 is 13.7. The number of rotatable bonds is 7. The first-order valence-electron chi connectivity index (χ1n) is 7.09. The van der Waals surface area contributed by atoms with Gasteiger partial charge in [0.15, 0.2) is 5.78 Å². The van der Waals surface area contributed by atoms with Crippen molar-refractivity contribution in [2.45, 2.75) is 44.6 Å². The topological polar surface area (TPSA) is 37.4 Å². The molecule has 0 N–H and O–H groups in total. The number of hydrogen-bond acceptors (Lipinski definition) is 3. The Hall–Kier alpha value is -1.36. The number of benzene rings is 1. The van der Waals surface area contributed by atoms with Crippen LogP contribution in [0.5, 0.6) is 0 Å². The van der Waals surface area contributed by atoms with Gasteiger partial charge in [-0.15, -0.1) is 11.8 Å². The van der Waals surface area contributed by atoms with Crippen LogP contribution in [0.1, 0.15) is 44.0 Å². The second kappa shape index (κ2) is 8.17. The van der Waals surface area contributed by atoms with Crippen molar-refractivity contribution in [3.63, 3.8) is 0 Å². The van der Waals surface area contributed by atoms with Gasteiger partial charge in [-0.25, -0.2) is 4.39 Å². The SMILES string of the molecule is CCC(CC)N(C)C(=O)CSc1ccc(C(C)=O)c(F)c1. The summed E-state index contributed by atoms with van der Waals surface area (Å²) in [7, 11) is 1.81. The predicted molar refractivity (Wildman–Crippen MR) is 84.3 cm³/mol. The number of Topliss-reactive ketones (excluding diaryl/α,β-unsaturated/α-hetero) is 1. The smallest absolute Gasteiger partial charge is 0.232 e. The molecule has 0 atom stereocenters. The second-order valence-corrected chi connectivity index (χ2v) is 6.01. The summed E-state index contributed by atoms with van der Waals surface area (Å²) in [5, 5.41) is 0. The molecule has 0 saturated heterocycles. The fourth-order valence-electron chi connectivity index (χ4n) is 2.16. The Morgan fingerprint density at radius 3 is 2.38 bits per heavy atom. The fourth-order valence-corrected chi connectivity index (χ4v) is 3.00. The van der Waals surface area contributed by atoms with Gasteiger partial charge in [0.1, 0.15) is 5.82 Å². The zero-order valence-electron chi connectivity index (χ0n) is 13.0. The first kappa shape index (κ1) is 17.7. The van der Waals surface area contributed by atoms with Gasteiger partial charge in [0.2, 0.25) is 5.91 Å². The molecule has 1 amide bonds. The number of carbonyl (C=O) groups is 2. The number of halogens is 1. The van der Waals surface area contributed by atoms with E-state index < -0.39 is 5.82 Å². The first-order valence-corrected chi connectivity index (χ1v) is 8.08. The van der Waals surface area contributed by atoms with E-state index in [0.29, 0.717) is 4.90 Å². The molecule has 116 valence electrons. The zero-order valence-corrected chi connectivity index (χ0v) is 13.8. The third kappa shape index (κ3) is 4.84. The van der Waals surface area contributed by atoms with Crippen LogP contribution in [0.25, 0.3) is 0 Å². The van der Waals surface area contributed by atoms with Crippen LogP contribution in [0.3, 0.4) is 0 Å². The summed E-state index contributed by atoms with van der Waals surface area (Å²) in [6.45, 7) is 5.45. The van der Waals surface area contributed by atoms with Crippen molar-refractivity contribution in [2.24, 2.45) is 0 Å². The highest BCUT2D eigenvalue weighted by Gasteiger charge is 2.17. The Morgan fingerprint density at radius 1 is 1.29 bits per heavy atom. The predicted octanol–water partition coefficient (Wildman–Crippen LogP) is 3.77.